The zero-order valence-corrected chi connectivity index (χ0v) is 11.7. The van der Waals surface area contributed by atoms with E-state index in [0.717, 1.165) is 19.0 Å². The lowest BCUT2D eigenvalue weighted by Crippen LogP contribution is -2.46. The lowest BCUT2D eigenvalue weighted by atomic mass is 9.88. The average molecular weight is 254 g/mol. The highest BCUT2D eigenvalue weighted by Gasteiger charge is 2.29. The fourth-order valence-corrected chi connectivity index (χ4v) is 3.39. The molecule has 2 unspecified atom stereocenters. The van der Waals surface area contributed by atoms with Crippen LogP contribution in [0.15, 0.2) is 0 Å². The van der Waals surface area contributed by atoms with Crippen LogP contribution in [0.3, 0.4) is 0 Å². The lowest BCUT2D eigenvalue weighted by molar-refractivity contribution is 0.0909. The molecular formula is C15H30N2O. The normalized spacial score (nSPS) is 30.2. The van der Waals surface area contributed by atoms with Gasteiger partial charge in [-0.3, -0.25) is 4.90 Å². The predicted octanol–water partition coefficient (Wildman–Crippen LogP) is 2.13. The molecule has 18 heavy (non-hydrogen) atoms. The van der Waals surface area contributed by atoms with Crippen LogP contribution in [0.1, 0.15) is 57.8 Å². The van der Waals surface area contributed by atoms with Gasteiger partial charge in [-0.15, -0.1) is 0 Å². The van der Waals surface area contributed by atoms with Crippen molar-refractivity contribution >= 4 is 0 Å². The lowest BCUT2D eigenvalue weighted by Gasteiger charge is -2.40. The molecule has 0 aromatic rings. The summed E-state index contributed by atoms with van der Waals surface area (Å²) in [5, 5.41) is 9.04. The molecule has 0 aromatic heterocycles. The van der Waals surface area contributed by atoms with Crippen molar-refractivity contribution in [1.29, 1.82) is 0 Å². The second kappa shape index (κ2) is 7.46. The second-order valence-corrected chi connectivity index (χ2v) is 6.22. The first-order valence-corrected chi connectivity index (χ1v) is 7.91. The molecule has 2 atom stereocenters. The van der Waals surface area contributed by atoms with Gasteiger partial charge in [0.25, 0.3) is 0 Å². The molecule has 0 heterocycles. The maximum atomic E-state index is 9.04. The van der Waals surface area contributed by atoms with Gasteiger partial charge in [0.15, 0.2) is 0 Å². The molecule has 0 spiro atoms. The van der Waals surface area contributed by atoms with E-state index in [1.54, 1.807) is 0 Å². The Labute approximate surface area is 112 Å². The van der Waals surface area contributed by atoms with E-state index in [0.29, 0.717) is 18.6 Å². The SMILES string of the molecule is NC1CCCCCC1CN(CCCO)C1CCC1. The molecule has 3 heteroatoms. The van der Waals surface area contributed by atoms with E-state index < -0.39 is 0 Å². The number of hydrogen-bond acceptors (Lipinski definition) is 3. The molecule has 2 aliphatic carbocycles. The monoisotopic (exact) mass is 254 g/mol. The summed E-state index contributed by atoms with van der Waals surface area (Å²) in [5.74, 6) is 0.687. The Kier molecular flexibility index (Phi) is 5.93. The molecule has 0 saturated heterocycles. The van der Waals surface area contributed by atoms with Crippen molar-refractivity contribution < 1.29 is 5.11 Å². The molecule has 2 rings (SSSR count). The topological polar surface area (TPSA) is 49.5 Å². The van der Waals surface area contributed by atoms with Gasteiger partial charge in [-0.05, 0) is 38.0 Å². The van der Waals surface area contributed by atoms with Crippen molar-refractivity contribution in [3.63, 3.8) is 0 Å². The minimum atomic E-state index is 0.319. The quantitative estimate of drug-likeness (QED) is 0.714. The standard InChI is InChI=1S/C15H30N2O/c16-15-9-3-1-2-6-13(15)12-17(10-5-11-18)14-7-4-8-14/h13-15,18H,1-12,16H2. The molecule has 3 nitrogen and oxygen atoms in total. The molecule has 0 aromatic carbocycles. The minimum Gasteiger partial charge on any atom is -0.396 e. The van der Waals surface area contributed by atoms with E-state index in [9.17, 15) is 0 Å². The Morgan fingerprint density at radius 3 is 2.44 bits per heavy atom. The first-order chi connectivity index (χ1) is 8.81. The van der Waals surface area contributed by atoms with Gasteiger partial charge >= 0.3 is 0 Å². The highest BCUT2D eigenvalue weighted by molar-refractivity contribution is 4.85. The number of nitrogens with two attached hydrogens (primary N) is 1. The summed E-state index contributed by atoms with van der Waals surface area (Å²) in [4.78, 5) is 2.62. The Morgan fingerprint density at radius 2 is 1.78 bits per heavy atom. The molecule has 106 valence electrons. The Morgan fingerprint density at radius 1 is 1.00 bits per heavy atom. The molecule has 0 bridgehead atoms. The van der Waals surface area contributed by atoms with E-state index >= 15 is 0 Å². The fourth-order valence-electron chi connectivity index (χ4n) is 3.39. The number of aliphatic hydroxyl groups excluding tert-OH is 1. The summed E-state index contributed by atoms with van der Waals surface area (Å²) in [6.07, 6.45) is 11.6. The molecule has 3 N–H and O–H groups in total. The molecule has 0 radical (unpaired) electrons. The van der Waals surface area contributed by atoms with Gasteiger partial charge in [0.05, 0.1) is 0 Å². The summed E-state index contributed by atoms with van der Waals surface area (Å²) < 4.78 is 0. The summed E-state index contributed by atoms with van der Waals surface area (Å²) in [6, 6.07) is 1.19. The van der Waals surface area contributed by atoms with E-state index in [4.69, 9.17) is 10.8 Å². The van der Waals surface area contributed by atoms with Crippen LogP contribution in [-0.4, -0.2) is 41.8 Å². The first kappa shape index (κ1) is 14.3. The maximum Gasteiger partial charge on any atom is 0.0443 e. The first-order valence-electron chi connectivity index (χ1n) is 7.91. The molecule has 0 aliphatic heterocycles. The maximum absolute atomic E-state index is 9.04. The van der Waals surface area contributed by atoms with Crippen LogP contribution in [0.5, 0.6) is 0 Å². The van der Waals surface area contributed by atoms with Crippen LogP contribution in [0.2, 0.25) is 0 Å². The number of rotatable bonds is 6. The highest BCUT2D eigenvalue weighted by Crippen LogP contribution is 2.29. The van der Waals surface area contributed by atoms with Gasteiger partial charge in [0.1, 0.15) is 0 Å². The fraction of sp³-hybridized carbons (Fsp3) is 1.00. The van der Waals surface area contributed by atoms with Gasteiger partial charge in [0.2, 0.25) is 0 Å². The predicted molar refractivity (Wildman–Crippen MR) is 75.5 cm³/mol. The van der Waals surface area contributed by atoms with Crippen molar-refractivity contribution in [2.24, 2.45) is 11.7 Å². The van der Waals surface area contributed by atoms with Crippen molar-refractivity contribution in [3.8, 4) is 0 Å². The van der Waals surface area contributed by atoms with E-state index in [1.807, 2.05) is 0 Å². The Bertz CT molecular complexity index is 231. The third kappa shape index (κ3) is 3.94. The van der Waals surface area contributed by atoms with Gasteiger partial charge in [-0.25, -0.2) is 0 Å². The number of aliphatic hydroxyl groups is 1. The summed E-state index contributed by atoms with van der Waals surface area (Å²) >= 11 is 0. The summed E-state index contributed by atoms with van der Waals surface area (Å²) in [6.45, 7) is 2.55. The molecule has 0 amide bonds. The molecule has 2 fully saturated rings. The zero-order valence-electron chi connectivity index (χ0n) is 11.7. The average Bonchev–Trinajstić information content (AvgIpc) is 2.49. The molecule has 2 aliphatic rings. The van der Waals surface area contributed by atoms with Crippen molar-refractivity contribution in [1.82, 2.24) is 4.90 Å². The molecular weight excluding hydrogens is 224 g/mol. The van der Waals surface area contributed by atoms with Gasteiger partial charge in [-0.2, -0.15) is 0 Å². The van der Waals surface area contributed by atoms with Gasteiger partial charge < -0.3 is 10.8 Å². The number of hydrogen-bond donors (Lipinski definition) is 2. The summed E-state index contributed by atoms with van der Waals surface area (Å²) in [5.41, 5.74) is 6.34. The van der Waals surface area contributed by atoms with Crippen LogP contribution in [0.25, 0.3) is 0 Å². The van der Waals surface area contributed by atoms with Crippen molar-refractivity contribution in [2.45, 2.75) is 69.9 Å². The Balaban J connectivity index is 1.84. The van der Waals surface area contributed by atoms with Crippen LogP contribution < -0.4 is 5.73 Å². The zero-order chi connectivity index (χ0) is 12.8. The third-order valence-corrected chi connectivity index (χ3v) is 4.88. The van der Waals surface area contributed by atoms with Crippen molar-refractivity contribution in [3.05, 3.63) is 0 Å². The van der Waals surface area contributed by atoms with Crippen LogP contribution in [0.4, 0.5) is 0 Å². The molecule has 2 saturated carbocycles. The third-order valence-electron chi connectivity index (χ3n) is 4.88. The smallest absolute Gasteiger partial charge is 0.0443 e. The van der Waals surface area contributed by atoms with Gasteiger partial charge in [0, 0.05) is 31.8 Å². The highest BCUT2D eigenvalue weighted by atomic mass is 16.3. The second-order valence-electron chi connectivity index (χ2n) is 6.22. The minimum absolute atomic E-state index is 0.319. The number of nitrogens with zero attached hydrogens (tertiary/aromatic N) is 1. The largest absolute Gasteiger partial charge is 0.396 e. The van der Waals surface area contributed by atoms with Crippen LogP contribution in [-0.2, 0) is 0 Å². The van der Waals surface area contributed by atoms with E-state index in [1.165, 1.54) is 57.9 Å². The van der Waals surface area contributed by atoms with Gasteiger partial charge in [-0.1, -0.05) is 25.7 Å². The summed E-state index contributed by atoms with van der Waals surface area (Å²) in [7, 11) is 0. The van der Waals surface area contributed by atoms with Crippen LogP contribution >= 0.6 is 0 Å². The van der Waals surface area contributed by atoms with Crippen molar-refractivity contribution in [2.75, 3.05) is 19.7 Å². The van der Waals surface area contributed by atoms with E-state index in [-0.39, 0.29) is 0 Å². The van der Waals surface area contributed by atoms with E-state index in [2.05, 4.69) is 4.90 Å². The van der Waals surface area contributed by atoms with Crippen LogP contribution in [0, 0.1) is 5.92 Å². The Hall–Kier alpha value is -0.120.